The van der Waals surface area contributed by atoms with Crippen molar-refractivity contribution in [1.29, 1.82) is 0 Å². The van der Waals surface area contributed by atoms with E-state index in [1.807, 2.05) is 0 Å². The zero-order valence-corrected chi connectivity index (χ0v) is 13.1. The van der Waals surface area contributed by atoms with Crippen molar-refractivity contribution in [2.75, 3.05) is 0 Å². The summed E-state index contributed by atoms with van der Waals surface area (Å²) in [7, 11) is 0. The first kappa shape index (κ1) is 14.2. The first-order valence-electron chi connectivity index (χ1n) is 8.91. The average Bonchev–Trinajstić information content (AvgIpc) is 3.05. The fraction of sp³-hybridized carbons (Fsp3) is 0.722. The van der Waals surface area contributed by atoms with E-state index >= 15 is 0 Å². The number of ether oxygens (including phenoxy) is 1. The van der Waals surface area contributed by atoms with Crippen LogP contribution in [0.1, 0.15) is 74.2 Å². The van der Waals surface area contributed by atoms with Crippen LogP contribution in [0.4, 0.5) is 0 Å². The van der Waals surface area contributed by atoms with Crippen LogP contribution in [0.2, 0.25) is 0 Å². The van der Waals surface area contributed by atoms with Crippen molar-refractivity contribution in [2.45, 2.75) is 82.8 Å². The minimum Gasteiger partial charge on any atom is -0.506 e. The Morgan fingerprint density at radius 3 is 2.50 bits per heavy atom. The lowest BCUT2D eigenvalue weighted by molar-refractivity contribution is -0.176. The second-order valence-electron chi connectivity index (χ2n) is 7.02. The van der Waals surface area contributed by atoms with Crippen LogP contribution in [0.3, 0.4) is 0 Å². The van der Waals surface area contributed by atoms with Gasteiger partial charge >= 0.3 is 5.97 Å². The molecule has 120 valence electrons. The fourth-order valence-corrected chi connectivity index (χ4v) is 4.50. The highest BCUT2D eigenvalue weighted by Gasteiger charge is 2.47. The van der Waals surface area contributed by atoms with Crippen molar-refractivity contribution in [3.05, 3.63) is 17.0 Å². The molecular formula is C18H25NO3. The second kappa shape index (κ2) is 5.64. The highest BCUT2D eigenvalue weighted by molar-refractivity contribution is 5.86. The van der Waals surface area contributed by atoms with Gasteiger partial charge in [0.2, 0.25) is 0 Å². The average molecular weight is 303 g/mol. The lowest BCUT2D eigenvalue weighted by Crippen LogP contribution is -2.43. The predicted molar refractivity (Wildman–Crippen MR) is 83.1 cm³/mol. The summed E-state index contributed by atoms with van der Waals surface area (Å²) in [6.07, 6.45) is 11.3. The van der Waals surface area contributed by atoms with E-state index in [-0.39, 0.29) is 18.0 Å². The molecule has 1 aromatic heterocycles. The van der Waals surface area contributed by atoms with E-state index in [0.717, 1.165) is 56.3 Å². The molecule has 1 fully saturated rings. The van der Waals surface area contributed by atoms with E-state index in [4.69, 9.17) is 4.74 Å². The number of rotatable bonds is 0. The molecule has 2 aliphatic heterocycles. The zero-order chi connectivity index (χ0) is 15.1. The summed E-state index contributed by atoms with van der Waals surface area (Å²) in [6, 6.07) is 0. The fourth-order valence-electron chi connectivity index (χ4n) is 4.50. The van der Waals surface area contributed by atoms with Crippen LogP contribution in [0.25, 0.3) is 0 Å². The number of esters is 1. The van der Waals surface area contributed by atoms with E-state index in [1.165, 1.54) is 31.4 Å². The van der Waals surface area contributed by atoms with Gasteiger partial charge in [0.15, 0.2) is 0 Å². The molecule has 1 saturated heterocycles. The standard InChI is InChI=1S/C18H25NO3/c20-17-13-9-7-11-19(13)12-8-5-3-1-2-4-6-10-14-16(15(12)17)18(21)22-14/h14,16,20H,1-11H2. The molecule has 0 saturated carbocycles. The van der Waals surface area contributed by atoms with Gasteiger partial charge in [-0.25, -0.2) is 0 Å². The van der Waals surface area contributed by atoms with E-state index < -0.39 is 0 Å². The lowest BCUT2D eigenvalue weighted by Gasteiger charge is -2.36. The predicted octanol–water partition coefficient (Wildman–Crippen LogP) is 3.44. The molecule has 1 aromatic rings. The summed E-state index contributed by atoms with van der Waals surface area (Å²) in [5.41, 5.74) is 3.19. The van der Waals surface area contributed by atoms with Crippen LogP contribution < -0.4 is 0 Å². The monoisotopic (exact) mass is 303 g/mol. The molecule has 1 aliphatic carbocycles. The molecule has 4 nitrogen and oxygen atoms in total. The molecule has 3 heterocycles. The molecule has 4 heteroatoms. The van der Waals surface area contributed by atoms with Gasteiger partial charge in [-0.2, -0.15) is 0 Å². The summed E-state index contributed by atoms with van der Waals surface area (Å²) in [5.74, 6) is 0.0478. The number of carbonyl (C=O) groups is 1. The third-order valence-electron chi connectivity index (χ3n) is 5.64. The van der Waals surface area contributed by atoms with Crippen LogP contribution in [-0.4, -0.2) is 21.7 Å². The minimum absolute atomic E-state index is 0.0142. The number of nitrogens with zero attached hydrogens (tertiary/aromatic N) is 1. The molecule has 0 radical (unpaired) electrons. The van der Waals surface area contributed by atoms with Crippen molar-refractivity contribution in [3.8, 4) is 5.75 Å². The van der Waals surface area contributed by atoms with Gasteiger partial charge in [0.1, 0.15) is 17.8 Å². The van der Waals surface area contributed by atoms with E-state index in [1.54, 1.807) is 0 Å². The second-order valence-corrected chi connectivity index (χ2v) is 7.02. The van der Waals surface area contributed by atoms with E-state index in [2.05, 4.69) is 4.57 Å². The number of carbonyl (C=O) groups excluding carboxylic acids is 1. The molecule has 22 heavy (non-hydrogen) atoms. The van der Waals surface area contributed by atoms with Crippen molar-refractivity contribution in [1.82, 2.24) is 4.57 Å². The SMILES string of the molecule is O=C1OC2CCCCCCCCc3c(c(O)c4n3CCC4)C12. The van der Waals surface area contributed by atoms with Gasteiger partial charge in [-0.3, -0.25) is 4.79 Å². The Morgan fingerprint density at radius 1 is 0.955 bits per heavy atom. The Bertz CT molecular complexity index is 590. The van der Waals surface area contributed by atoms with Crippen LogP contribution in [0.5, 0.6) is 5.75 Å². The molecule has 2 unspecified atom stereocenters. The van der Waals surface area contributed by atoms with E-state index in [0.29, 0.717) is 5.75 Å². The minimum atomic E-state index is -0.215. The molecule has 0 bridgehead atoms. The Balaban J connectivity index is 1.73. The maximum Gasteiger partial charge on any atom is 0.317 e. The number of aromatic nitrogens is 1. The largest absolute Gasteiger partial charge is 0.506 e. The van der Waals surface area contributed by atoms with Crippen molar-refractivity contribution >= 4 is 5.97 Å². The van der Waals surface area contributed by atoms with Gasteiger partial charge in [0, 0.05) is 17.8 Å². The first-order chi connectivity index (χ1) is 10.8. The lowest BCUT2D eigenvalue weighted by atomic mass is 9.83. The molecule has 0 spiro atoms. The van der Waals surface area contributed by atoms with Gasteiger partial charge in [0.25, 0.3) is 0 Å². The smallest absolute Gasteiger partial charge is 0.317 e. The maximum atomic E-state index is 12.1. The Hall–Kier alpha value is -1.45. The highest BCUT2D eigenvalue weighted by Crippen LogP contribution is 2.46. The van der Waals surface area contributed by atoms with Crippen molar-refractivity contribution in [2.24, 2.45) is 0 Å². The number of fused-ring (bicyclic) bond motifs is 5. The molecule has 0 aromatic carbocycles. The Kier molecular flexibility index (Phi) is 3.63. The van der Waals surface area contributed by atoms with Gasteiger partial charge in [-0.05, 0) is 38.5 Å². The number of hydrogen-bond acceptors (Lipinski definition) is 3. The Labute approximate surface area is 131 Å². The normalized spacial score (nSPS) is 28.5. The third kappa shape index (κ3) is 2.15. The topological polar surface area (TPSA) is 51.5 Å². The molecule has 4 rings (SSSR count). The van der Waals surface area contributed by atoms with Gasteiger partial charge < -0.3 is 14.4 Å². The molecule has 0 amide bonds. The third-order valence-corrected chi connectivity index (χ3v) is 5.64. The summed E-state index contributed by atoms with van der Waals surface area (Å²) in [6.45, 7) is 0.991. The van der Waals surface area contributed by atoms with Crippen LogP contribution in [0.15, 0.2) is 0 Å². The van der Waals surface area contributed by atoms with Crippen molar-refractivity contribution in [3.63, 3.8) is 0 Å². The highest BCUT2D eigenvalue weighted by atomic mass is 16.6. The summed E-state index contributed by atoms with van der Waals surface area (Å²) < 4.78 is 7.69. The van der Waals surface area contributed by atoms with Crippen LogP contribution >= 0.6 is 0 Å². The van der Waals surface area contributed by atoms with Crippen LogP contribution in [-0.2, 0) is 28.9 Å². The van der Waals surface area contributed by atoms with Gasteiger partial charge in [-0.15, -0.1) is 0 Å². The first-order valence-corrected chi connectivity index (χ1v) is 8.91. The van der Waals surface area contributed by atoms with Crippen molar-refractivity contribution < 1.29 is 14.6 Å². The Morgan fingerprint density at radius 2 is 1.68 bits per heavy atom. The molecule has 2 atom stereocenters. The van der Waals surface area contributed by atoms with Gasteiger partial charge in [0.05, 0.1) is 5.69 Å². The number of aromatic hydroxyl groups is 1. The summed E-state index contributed by atoms with van der Waals surface area (Å²) in [5, 5.41) is 10.7. The quantitative estimate of drug-likeness (QED) is 0.747. The summed E-state index contributed by atoms with van der Waals surface area (Å²) >= 11 is 0. The summed E-state index contributed by atoms with van der Waals surface area (Å²) in [4.78, 5) is 12.1. The zero-order valence-electron chi connectivity index (χ0n) is 13.1. The maximum absolute atomic E-state index is 12.1. The molecule has 3 aliphatic rings. The van der Waals surface area contributed by atoms with Crippen LogP contribution in [0, 0.1) is 0 Å². The molecule has 1 N–H and O–H groups in total. The van der Waals surface area contributed by atoms with Gasteiger partial charge in [-0.1, -0.05) is 25.7 Å². The van der Waals surface area contributed by atoms with E-state index in [9.17, 15) is 9.90 Å². The number of hydrogen-bond donors (Lipinski definition) is 1. The molecular weight excluding hydrogens is 278 g/mol.